The van der Waals surface area contributed by atoms with Gasteiger partial charge in [-0.05, 0) is 61.4 Å². The number of nitrogens with one attached hydrogen (secondary N) is 5. The maximum absolute atomic E-state index is 12.1. The Labute approximate surface area is 349 Å². The van der Waals surface area contributed by atoms with Gasteiger partial charge in [0.1, 0.15) is 12.4 Å². The molecule has 3 heterocycles. The van der Waals surface area contributed by atoms with Gasteiger partial charge in [-0.3, -0.25) is 9.89 Å². The van der Waals surface area contributed by atoms with Crippen LogP contribution in [0.5, 0.6) is 17.2 Å². The summed E-state index contributed by atoms with van der Waals surface area (Å²) >= 11 is 1.92. The number of urea groups is 1. The third-order valence-corrected chi connectivity index (χ3v) is 12.5. The molecule has 4 unspecified atom stereocenters. The molecule has 4 atom stereocenters. The lowest BCUT2D eigenvalue weighted by atomic mass is 10.0. The highest BCUT2D eigenvalue weighted by molar-refractivity contribution is 8.00. The highest BCUT2D eigenvalue weighted by Gasteiger charge is 2.42. The smallest absolute Gasteiger partial charge is 0.315 e. The fourth-order valence-corrected chi connectivity index (χ4v) is 8.91. The standard InChI is InChI=1S/C36H48N6O7S.C8H18/c1-45-29-19-23-18-27-33(26(23)21-30(29)46-2)41-42-35(27)38-24-8-7-9-25(20-24)49-17-16-48-15-14-47-13-6-5-12-37-32(43)11-4-3-10-31-34-28(22-50-31)39-36(44)40-34;1-4-6-7-8(3)5-2/h7-9,19-21,28,31,34H,3-6,10-18,22H2,1-2H3,(H,37,43)(H2,38,41,42)(H2,39,40,44);8H,4-7H2,1-3H3. The maximum atomic E-state index is 12.1. The number of amides is 3. The number of thioether (sulfide) groups is 1. The molecule has 6 rings (SSSR count). The molecule has 1 aliphatic carbocycles. The van der Waals surface area contributed by atoms with E-state index in [1.807, 2.05) is 48.2 Å². The average molecular weight is 823 g/mol. The first kappa shape index (κ1) is 45.0. The predicted octanol–water partition coefficient (Wildman–Crippen LogP) is 8.00. The second-order valence-electron chi connectivity index (χ2n) is 15.3. The summed E-state index contributed by atoms with van der Waals surface area (Å²) in [7, 11) is 3.28. The zero-order valence-corrected chi connectivity index (χ0v) is 36.0. The summed E-state index contributed by atoms with van der Waals surface area (Å²) in [6.07, 6.45) is 11.5. The molecule has 2 aromatic carbocycles. The van der Waals surface area contributed by atoms with E-state index in [0.29, 0.717) is 62.7 Å². The summed E-state index contributed by atoms with van der Waals surface area (Å²) in [4.78, 5) is 23.6. The van der Waals surface area contributed by atoms with E-state index < -0.39 is 0 Å². The van der Waals surface area contributed by atoms with Crippen LogP contribution in [0.3, 0.4) is 0 Å². The lowest BCUT2D eigenvalue weighted by Crippen LogP contribution is -2.36. The first-order chi connectivity index (χ1) is 28.3. The van der Waals surface area contributed by atoms with Crippen LogP contribution in [-0.2, 0) is 20.7 Å². The molecular weight excluding hydrogens is 757 g/mol. The van der Waals surface area contributed by atoms with Crippen molar-refractivity contribution in [1.29, 1.82) is 0 Å². The molecule has 0 spiro atoms. The fourth-order valence-electron chi connectivity index (χ4n) is 7.37. The lowest BCUT2D eigenvalue weighted by Gasteiger charge is -2.16. The molecule has 2 fully saturated rings. The minimum atomic E-state index is -0.0518. The summed E-state index contributed by atoms with van der Waals surface area (Å²) in [6, 6.07) is 12.2. The molecule has 2 saturated heterocycles. The number of hydrogen-bond donors (Lipinski definition) is 5. The van der Waals surface area contributed by atoms with Gasteiger partial charge in [0, 0.05) is 59.9 Å². The number of ether oxygens (including phenoxy) is 5. The van der Waals surface area contributed by atoms with E-state index in [1.54, 1.807) is 14.2 Å². The van der Waals surface area contributed by atoms with Crippen molar-refractivity contribution in [3.63, 3.8) is 0 Å². The Morgan fingerprint density at radius 3 is 2.53 bits per heavy atom. The van der Waals surface area contributed by atoms with Gasteiger partial charge in [0.25, 0.3) is 0 Å². The Bertz CT molecular complexity index is 1720. The summed E-state index contributed by atoms with van der Waals surface area (Å²) in [5, 5.41) is 20.6. The quantitative estimate of drug-likeness (QED) is 0.0328. The number of unbranched alkanes of at least 4 members (excludes halogenated alkanes) is 3. The molecule has 0 saturated carbocycles. The van der Waals surface area contributed by atoms with Gasteiger partial charge >= 0.3 is 6.03 Å². The minimum Gasteiger partial charge on any atom is -0.493 e. The zero-order chi connectivity index (χ0) is 41.1. The number of anilines is 2. The molecule has 14 heteroatoms. The van der Waals surface area contributed by atoms with Crippen LogP contribution in [0.4, 0.5) is 16.3 Å². The van der Waals surface area contributed by atoms with Crippen LogP contribution < -0.4 is 35.5 Å². The largest absolute Gasteiger partial charge is 0.493 e. The summed E-state index contributed by atoms with van der Waals surface area (Å²) in [6.45, 7) is 10.0. The number of rotatable bonds is 25. The number of hydrogen-bond acceptors (Lipinski definition) is 10. The third-order valence-electron chi connectivity index (χ3n) is 10.9. The van der Waals surface area contributed by atoms with Gasteiger partial charge in [-0.25, -0.2) is 4.79 Å². The number of H-pyrrole nitrogens is 1. The Balaban J connectivity index is 0.000000725. The summed E-state index contributed by atoms with van der Waals surface area (Å²) in [5.74, 6) is 4.95. The van der Waals surface area contributed by atoms with Crippen molar-refractivity contribution in [2.24, 2.45) is 5.92 Å². The van der Waals surface area contributed by atoms with E-state index in [4.69, 9.17) is 23.7 Å². The minimum absolute atomic E-state index is 0.0518. The second kappa shape index (κ2) is 24.1. The molecule has 3 aliphatic rings. The molecule has 1 aromatic heterocycles. The van der Waals surface area contributed by atoms with Crippen LogP contribution in [0, 0.1) is 5.92 Å². The number of carbonyl (C=O) groups is 2. The number of aromatic amines is 1. The second-order valence-corrected chi connectivity index (χ2v) is 16.5. The first-order valence-electron chi connectivity index (χ1n) is 21.3. The van der Waals surface area contributed by atoms with Crippen molar-refractivity contribution in [1.82, 2.24) is 26.1 Å². The van der Waals surface area contributed by atoms with Crippen molar-refractivity contribution >= 4 is 35.2 Å². The monoisotopic (exact) mass is 822 g/mol. The zero-order valence-electron chi connectivity index (χ0n) is 35.2. The maximum Gasteiger partial charge on any atom is 0.315 e. The molecule has 3 aromatic rings. The lowest BCUT2D eigenvalue weighted by molar-refractivity contribution is -0.121. The fraction of sp³-hybridized carbons (Fsp3) is 0.614. The van der Waals surface area contributed by atoms with Gasteiger partial charge in [0.2, 0.25) is 5.91 Å². The number of methoxy groups -OCH3 is 2. The Morgan fingerprint density at radius 1 is 0.948 bits per heavy atom. The van der Waals surface area contributed by atoms with Crippen molar-refractivity contribution in [3.05, 3.63) is 47.5 Å². The highest BCUT2D eigenvalue weighted by atomic mass is 32.2. The van der Waals surface area contributed by atoms with Gasteiger partial charge in [0.05, 0.1) is 51.8 Å². The molecule has 13 nitrogen and oxygen atoms in total. The van der Waals surface area contributed by atoms with Gasteiger partial charge in [-0.2, -0.15) is 16.9 Å². The van der Waals surface area contributed by atoms with E-state index in [2.05, 4.69) is 52.2 Å². The topological polar surface area (TPSA) is 157 Å². The van der Waals surface area contributed by atoms with Crippen LogP contribution in [0.2, 0.25) is 0 Å². The SMILES string of the molecule is CCCCC(C)CC.COc1cc2c(cc1OC)-c1[nH]nc(Nc3cccc(OCCOCCOCCCCNC(=O)CCCCC4SCC5NC(=O)NC54)c3)c1C2. The number of fused-ring (bicyclic) bond motifs is 4. The van der Waals surface area contributed by atoms with Gasteiger partial charge in [0.15, 0.2) is 17.3 Å². The molecule has 58 heavy (non-hydrogen) atoms. The van der Waals surface area contributed by atoms with Crippen molar-refractivity contribution in [3.8, 4) is 28.5 Å². The molecule has 0 radical (unpaired) electrons. The molecule has 3 amide bonds. The normalized spacial score (nSPS) is 17.9. The number of nitrogens with zero attached hydrogens (tertiary/aromatic N) is 1. The van der Waals surface area contributed by atoms with E-state index in [-0.39, 0.29) is 24.0 Å². The van der Waals surface area contributed by atoms with Gasteiger partial charge < -0.3 is 45.0 Å². The van der Waals surface area contributed by atoms with Crippen LogP contribution in [0.1, 0.15) is 96.1 Å². The van der Waals surface area contributed by atoms with Crippen LogP contribution in [0.25, 0.3) is 11.3 Å². The van der Waals surface area contributed by atoms with Crippen LogP contribution in [-0.4, -0.2) is 99.0 Å². The molecule has 2 aliphatic heterocycles. The molecule has 320 valence electrons. The van der Waals surface area contributed by atoms with Crippen LogP contribution >= 0.6 is 11.8 Å². The third kappa shape index (κ3) is 13.5. The highest BCUT2D eigenvalue weighted by Crippen LogP contribution is 2.44. The Morgan fingerprint density at radius 2 is 1.74 bits per heavy atom. The van der Waals surface area contributed by atoms with Crippen molar-refractivity contribution in [2.45, 2.75) is 109 Å². The summed E-state index contributed by atoms with van der Waals surface area (Å²) < 4.78 is 28.2. The molecule has 5 N–H and O–H groups in total. The Kier molecular flexibility index (Phi) is 18.7. The number of carbonyl (C=O) groups excluding carboxylic acids is 2. The van der Waals surface area contributed by atoms with E-state index in [9.17, 15) is 9.59 Å². The molecular formula is C44H66N6O7S. The van der Waals surface area contributed by atoms with Crippen LogP contribution in [0.15, 0.2) is 36.4 Å². The van der Waals surface area contributed by atoms with E-state index in [0.717, 1.165) is 89.8 Å². The van der Waals surface area contributed by atoms with Gasteiger partial charge in [-0.15, -0.1) is 0 Å². The average Bonchev–Trinajstić information content (AvgIpc) is 4.00. The van der Waals surface area contributed by atoms with E-state index in [1.165, 1.54) is 25.7 Å². The van der Waals surface area contributed by atoms with Gasteiger partial charge in [-0.1, -0.05) is 58.9 Å². The molecule has 0 bridgehead atoms. The first-order valence-corrected chi connectivity index (χ1v) is 22.3. The van der Waals surface area contributed by atoms with E-state index >= 15 is 0 Å². The Hall–Kier alpha value is -4.14. The predicted molar refractivity (Wildman–Crippen MR) is 232 cm³/mol. The van der Waals surface area contributed by atoms with Crippen molar-refractivity contribution in [2.75, 3.05) is 64.9 Å². The number of aromatic nitrogens is 2. The number of benzene rings is 2. The van der Waals surface area contributed by atoms with Crippen molar-refractivity contribution < 1.29 is 33.3 Å². The summed E-state index contributed by atoms with van der Waals surface area (Å²) in [5.41, 5.74) is 5.19.